The van der Waals surface area contributed by atoms with Gasteiger partial charge in [-0.1, -0.05) is 6.92 Å². The molecule has 0 spiro atoms. The number of nitrogens with zero attached hydrogens (tertiary/aromatic N) is 2. The van der Waals surface area contributed by atoms with E-state index in [1.54, 1.807) is 12.4 Å². The minimum absolute atomic E-state index is 0.543. The number of nitrogens with one attached hydrogen (secondary N) is 1. The lowest BCUT2D eigenvalue weighted by Gasteiger charge is -2.26. The van der Waals surface area contributed by atoms with E-state index in [1.165, 1.54) is 18.6 Å². The summed E-state index contributed by atoms with van der Waals surface area (Å²) in [6.45, 7) is 2.29. The van der Waals surface area contributed by atoms with Crippen LogP contribution in [0.4, 0.5) is 5.82 Å². The molecule has 2 heterocycles. The van der Waals surface area contributed by atoms with E-state index in [0.29, 0.717) is 6.04 Å². The van der Waals surface area contributed by atoms with Crippen LogP contribution in [0.1, 0.15) is 19.8 Å². The molecule has 3 nitrogen and oxygen atoms in total. The Balaban J connectivity index is 1.89. The van der Waals surface area contributed by atoms with Crippen LogP contribution in [-0.2, 0) is 0 Å². The monoisotopic (exact) mass is 287 g/mol. The smallest absolute Gasteiger partial charge is 0.144 e. The molecule has 1 saturated heterocycles. The fourth-order valence-corrected chi connectivity index (χ4v) is 2.91. The Labute approximate surface area is 103 Å². The lowest BCUT2D eigenvalue weighted by atomic mass is 10.1. The van der Waals surface area contributed by atoms with Crippen LogP contribution in [0.3, 0.4) is 0 Å². The van der Waals surface area contributed by atoms with Crippen molar-refractivity contribution in [2.45, 2.75) is 31.1 Å². The van der Waals surface area contributed by atoms with E-state index >= 15 is 0 Å². The van der Waals surface area contributed by atoms with Crippen molar-refractivity contribution in [2.24, 2.45) is 0 Å². The molecular weight excluding hydrogens is 274 g/mol. The van der Waals surface area contributed by atoms with Crippen molar-refractivity contribution in [3.05, 3.63) is 17.0 Å². The van der Waals surface area contributed by atoms with Crippen molar-refractivity contribution in [1.29, 1.82) is 0 Å². The van der Waals surface area contributed by atoms with Gasteiger partial charge < -0.3 is 5.32 Å². The number of halogens is 1. The molecule has 1 aromatic rings. The molecule has 1 N–H and O–H groups in total. The van der Waals surface area contributed by atoms with Gasteiger partial charge >= 0.3 is 0 Å². The summed E-state index contributed by atoms with van der Waals surface area (Å²) in [5.41, 5.74) is 0. The highest BCUT2D eigenvalue weighted by Crippen LogP contribution is 2.26. The van der Waals surface area contributed by atoms with Crippen LogP contribution >= 0.6 is 27.7 Å². The molecular formula is C10H14BrN3S. The van der Waals surface area contributed by atoms with Gasteiger partial charge in [-0.3, -0.25) is 0 Å². The molecule has 1 aliphatic rings. The Morgan fingerprint density at radius 3 is 2.87 bits per heavy atom. The zero-order valence-corrected chi connectivity index (χ0v) is 11.0. The Bertz CT molecular complexity index is 309. The van der Waals surface area contributed by atoms with Crippen LogP contribution in [-0.4, -0.2) is 27.0 Å². The summed E-state index contributed by atoms with van der Waals surface area (Å²) < 4.78 is 0.777. The molecule has 2 unspecified atom stereocenters. The highest BCUT2D eigenvalue weighted by Gasteiger charge is 2.18. The van der Waals surface area contributed by atoms with Crippen LogP contribution in [0.2, 0.25) is 0 Å². The first-order chi connectivity index (χ1) is 7.24. The fourth-order valence-electron chi connectivity index (χ4n) is 1.59. The van der Waals surface area contributed by atoms with Crippen molar-refractivity contribution in [3.63, 3.8) is 0 Å². The second-order valence-corrected chi connectivity index (χ2v) is 6.07. The largest absolute Gasteiger partial charge is 0.365 e. The summed E-state index contributed by atoms with van der Waals surface area (Å²) in [7, 11) is 0. The van der Waals surface area contributed by atoms with Crippen LogP contribution in [0.15, 0.2) is 17.0 Å². The number of anilines is 1. The molecule has 1 aromatic heterocycles. The summed E-state index contributed by atoms with van der Waals surface area (Å²) in [5.74, 6) is 2.04. The van der Waals surface area contributed by atoms with Gasteiger partial charge in [-0.05, 0) is 28.8 Å². The third kappa shape index (κ3) is 3.34. The third-order valence-electron chi connectivity index (χ3n) is 2.48. The predicted octanol–water partition coefficient (Wildman–Crippen LogP) is 2.94. The van der Waals surface area contributed by atoms with Gasteiger partial charge in [0.15, 0.2) is 0 Å². The van der Waals surface area contributed by atoms with Crippen molar-refractivity contribution in [1.82, 2.24) is 9.97 Å². The van der Waals surface area contributed by atoms with Crippen molar-refractivity contribution in [3.8, 4) is 0 Å². The van der Waals surface area contributed by atoms with Crippen LogP contribution in [0.25, 0.3) is 0 Å². The molecule has 5 heteroatoms. The Morgan fingerprint density at radius 1 is 1.40 bits per heavy atom. The summed E-state index contributed by atoms with van der Waals surface area (Å²) in [5, 5.41) is 4.22. The standard InChI is InChI=1S/C10H14BrN3S/c1-7-2-3-8(6-15-7)14-10-5-12-9(11)4-13-10/h4-5,7-8H,2-3,6H2,1H3,(H,13,14). The molecule has 0 amide bonds. The van der Waals surface area contributed by atoms with E-state index in [1.807, 2.05) is 11.8 Å². The Kier molecular flexibility index (Phi) is 3.86. The van der Waals surface area contributed by atoms with E-state index in [-0.39, 0.29) is 0 Å². The summed E-state index contributed by atoms with van der Waals surface area (Å²) in [6.07, 6.45) is 6.01. The van der Waals surface area contributed by atoms with Crippen LogP contribution < -0.4 is 5.32 Å². The summed E-state index contributed by atoms with van der Waals surface area (Å²) >= 11 is 5.30. The zero-order chi connectivity index (χ0) is 10.7. The average Bonchev–Trinajstić information content (AvgIpc) is 2.25. The minimum Gasteiger partial charge on any atom is -0.365 e. The van der Waals surface area contributed by atoms with Crippen molar-refractivity contribution < 1.29 is 0 Å². The van der Waals surface area contributed by atoms with Gasteiger partial charge in [-0.2, -0.15) is 11.8 Å². The maximum Gasteiger partial charge on any atom is 0.144 e. The Morgan fingerprint density at radius 2 is 2.27 bits per heavy atom. The topological polar surface area (TPSA) is 37.8 Å². The molecule has 1 aliphatic heterocycles. The first-order valence-corrected chi connectivity index (χ1v) is 6.94. The number of aromatic nitrogens is 2. The average molecular weight is 288 g/mol. The lowest BCUT2D eigenvalue weighted by Crippen LogP contribution is -2.28. The second-order valence-electron chi connectivity index (χ2n) is 3.79. The van der Waals surface area contributed by atoms with Gasteiger partial charge in [0.1, 0.15) is 10.4 Å². The van der Waals surface area contributed by atoms with Gasteiger partial charge in [-0.25, -0.2) is 9.97 Å². The van der Waals surface area contributed by atoms with E-state index in [0.717, 1.165) is 15.7 Å². The van der Waals surface area contributed by atoms with E-state index < -0.39 is 0 Å². The number of hydrogen-bond acceptors (Lipinski definition) is 4. The second kappa shape index (κ2) is 5.16. The molecule has 0 aliphatic carbocycles. The molecule has 2 atom stereocenters. The Hall–Kier alpha value is -0.290. The minimum atomic E-state index is 0.543. The quantitative estimate of drug-likeness (QED) is 0.908. The van der Waals surface area contributed by atoms with Gasteiger partial charge in [0.2, 0.25) is 0 Å². The molecule has 82 valence electrons. The predicted molar refractivity (Wildman–Crippen MR) is 68.3 cm³/mol. The molecule has 15 heavy (non-hydrogen) atoms. The fraction of sp³-hybridized carbons (Fsp3) is 0.600. The first-order valence-electron chi connectivity index (χ1n) is 5.10. The normalized spacial score (nSPS) is 26.3. The lowest BCUT2D eigenvalue weighted by molar-refractivity contribution is 0.634. The van der Waals surface area contributed by atoms with Gasteiger partial charge in [0.05, 0.1) is 12.4 Å². The van der Waals surface area contributed by atoms with Gasteiger partial charge in [0.25, 0.3) is 0 Å². The summed E-state index contributed by atoms with van der Waals surface area (Å²) in [4.78, 5) is 8.41. The maximum atomic E-state index is 4.26. The van der Waals surface area contributed by atoms with Gasteiger partial charge in [0, 0.05) is 17.0 Å². The molecule has 2 rings (SSSR count). The van der Waals surface area contributed by atoms with E-state index in [9.17, 15) is 0 Å². The third-order valence-corrected chi connectivity index (χ3v) is 4.28. The molecule has 0 bridgehead atoms. The molecule has 0 aromatic carbocycles. The van der Waals surface area contributed by atoms with Gasteiger partial charge in [-0.15, -0.1) is 0 Å². The zero-order valence-electron chi connectivity index (χ0n) is 8.61. The number of hydrogen-bond donors (Lipinski definition) is 1. The van der Waals surface area contributed by atoms with Crippen LogP contribution in [0.5, 0.6) is 0 Å². The van der Waals surface area contributed by atoms with E-state index in [4.69, 9.17) is 0 Å². The highest BCUT2D eigenvalue weighted by molar-refractivity contribution is 9.10. The molecule has 0 saturated carbocycles. The van der Waals surface area contributed by atoms with Crippen molar-refractivity contribution >= 4 is 33.5 Å². The SMILES string of the molecule is CC1CCC(Nc2cnc(Br)cn2)CS1. The number of rotatable bonds is 2. The van der Waals surface area contributed by atoms with E-state index in [2.05, 4.69) is 38.1 Å². The highest BCUT2D eigenvalue weighted by atomic mass is 79.9. The first kappa shape index (κ1) is 11.2. The van der Waals surface area contributed by atoms with Crippen molar-refractivity contribution in [2.75, 3.05) is 11.1 Å². The van der Waals surface area contributed by atoms with Crippen LogP contribution in [0, 0.1) is 0 Å². The molecule has 1 fully saturated rings. The number of thioether (sulfide) groups is 1. The maximum absolute atomic E-state index is 4.26. The summed E-state index contributed by atoms with van der Waals surface area (Å²) in [6, 6.07) is 0.543. The molecule has 0 radical (unpaired) electrons.